The molecule has 1 aliphatic rings. The summed E-state index contributed by atoms with van der Waals surface area (Å²) in [6, 6.07) is 9.44. The first-order chi connectivity index (χ1) is 9.79. The summed E-state index contributed by atoms with van der Waals surface area (Å²) >= 11 is 1.54. The Hall–Kier alpha value is -1.85. The van der Waals surface area contributed by atoms with E-state index >= 15 is 0 Å². The molecule has 1 unspecified atom stereocenters. The van der Waals surface area contributed by atoms with Crippen LogP contribution < -0.4 is 5.32 Å². The van der Waals surface area contributed by atoms with Crippen molar-refractivity contribution in [3.8, 4) is 0 Å². The highest BCUT2D eigenvalue weighted by atomic mass is 32.1. The number of nitrogens with one attached hydrogen (secondary N) is 1. The van der Waals surface area contributed by atoms with Crippen molar-refractivity contribution in [1.82, 2.24) is 4.90 Å². The van der Waals surface area contributed by atoms with E-state index in [-0.39, 0.29) is 18.7 Å². The monoisotopic (exact) mass is 288 g/mol. The van der Waals surface area contributed by atoms with E-state index in [4.69, 9.17) is 0 Å². The number of fused-ring (bicyclic) bond motifs is 1. The van der Waals surface area contributed by atoms with Crippen molar-refractivity contribution in [2.24, 2.45) is 0 Å². The zero-order valence-corrected chi connectivity index (χ0v) is 11.8. The molecule has 5 heteroatoms. The molecule has 2 N–H and O–H groups in total. The Morgan fingerprint density at radius 2 is 2.25 bits per heavy atom. The standard InChI is InChI=1S/C15H16N2O2S/c18-9-14-13-4-2-1-3-11(13)5-7-17(14)15(19)16-12-6-8-20-10-12/h1-4,6,8,10,14,18H,5,7,9H2,(H,16,19). The number of nitrogens with zero attached hydrogens (tertiary/aromatic N) is 1. The van der Waals surface area contributed by atoms with E-state index in [0.29, 0.717) is 6.54 Å². The summed E-state index contributed by atoms with van der Waals surface area (Å²) in [6.07, 6.45) is 0.823. The second kappa shape index (κ2) is 5.64. The van der Waals surface area contributed by atoms with Crippen molar-refractivity contribution in [3.63, 3.8) is 0 Å². The minimum absolute atomic E-state index is 0.0614. The molecule has 1 aromatic heterocycles. The normalized spacial score (nSPS) is 17.6. The number of thiophene rings is 1. The summed E-state index contributed by atoms with van der Waals surface area (Å²) in [5.41, 5.74) is 3.06. The lowest BCUT2D eigenvalue weighted by atomic mass is 9.93. The number of hydrogen-bond donors (Lipinski definition) is 2. The van der Waals surface area contributed by atoms with Gasteiger partial charge in [-0.25, -0.2) is 4.79 Å². The van der Waals surface area contributed by atoms with Crippen LogP contribution in [0.15, 0.2) is 41.1 Å². The third-order valence-electron chi connectivity index (χ3n) is 3.62. The molecule has 104 valence electrons. The van der Waals surface area contributed by atoms with Crippen LogP contribution in [0.1, 0.15) is 17.2 Å². The van der Waals surface area contributed by atoms with Crippen LogP contribution in [0.25, 0.3) is 0 Å². The van der Waals surface area contributed by atoms with Crippen LogP contribution in [0.2, 0.25) is 0 Å². The van der Waals surface area contributed by atoms with Gasteiger partial charge in [0.1, 0.15) is 0 Å². The van der Waals surface area contributed by atoms with Gasteiger partial charge >= 0.3 is 6.03 Å². The predicted molar refractivity (Wildman–Crippen MR) is 80.0 cm³/mol. The molecule has 0 spiro atoms. The van der Waals surface area contributed by atoms with Gasteiger partial charge in [-0.05, 0) is 29.0 Å². The number of hydrogen-bond acceptors (Lipinski definition) is 3. The number of amides is 2. The van der Waals surface area contributed by atoms with Crippen molar-refractivity contribution in [1.29, 1.82) is 0 Å². The minimum Gasteiger partial charge on any atom is -0.394 e. The second-order valence-corrected chi connectivity index (χ2v) is 5.56. The van der Waals surface area contributed by atoms with Gasteiger partial charge in [0.25, 0.3) is 0 Å². The van der Waals surface area contributed by atoms with Crippen molar-refractivity contribution in [2.75, 3.05) is 18.5 Å². The van der Waals surface area contributed by atoms with Crippen LogP contribution in [0.4, 0.5) is 10.5 Å². The lowest BCUT2D eigenvalue weighted by molar-refractivity contribution is 0.135. The van der Waals surface area contributed by atoms with E-state index in [1.807, 2.05) is 35.0 Å². The van der Waals surface area contributed by atoms with E-state index in [2.05, 4.69) is 11.4 Å². The van der Waals surface area contributed by atoms with Crippen molar-refractivity contribution in [3.05, 3.63) is 52.2 Å². The fourth-order valence-electron chi connectivity index (χ4n) is 2.62. The molecule has 2 heterocycles. The molecule has 0 radical (unpaired) electrons. The second-order valence-electron chi connectivity index (χ2n) is 4.78. The molecule has 4 nitrogen and oxygen atoms in total. The van der Waals surface area contributed by atoms with E-state index in [1.165, 1.54) is 5.56 Å². The summed E-state index contributed by atoms with van der Waals surface area (Å²) in [5, 5.41) is 16.4. The molecule has 1 aliphatic heterocycles. The largest absolute Gasteiger partial charge is 0.394 e. The Kier molecular flexibility index (Phi) is 3.71. The van der Waals surface area contributed by atoms with E-state index in [1.54, 1.807) is 16.2 Å². The lowest BCUT2D eigenvalue weighted by Gasteiger charge is -2.36. The number of rotatable bonds is 2. The molecule has 2 amide bonds. The van der Waals surface area contributed by atoms with Gasteiger partial charge in [0, 0.05) is 11.9 Å². The van der Waals surface area contributed by atoms with Crippen molar-refractivity contribution >= 4 is 23.1 Å². The number of aliphatic hydroxyl groups excluding tert-OH is 1. The first-order valence-corrected chi connectivity index (χ1v) is 7.52. The average Bonchev–Trinajstić information content (AvgIpc) is 2.98. The topological polar surface area (TPSA) is 52.6 Å². The first kappa shape index (κ1) is 13.1. The summed E-state index contributed by atoms with van der Waals surface area (Å²) in [4.78, 5) is 14.1. The SMILES string of the molecule is O=C(Nc1ccsc1)N1CCc2ccccc2C1CO. The number of anilines is 1. The highest BCUT2D eigenvalue weighted by Gasteiger charge is 2.30. The van der Waals surface area contributed by atoms with Gasteiger partial charge in [-0.1, -0.05) is 24.3 Å². The Morgan fingerprint density at radius 3 is 3.00 bits per heavy atom. The summed E-state index contributed by atoms with van der Waals surface area (Å²) in [6.45, 7) is 0.562. The van der Waals surface area contributed by atoms with Crippen LogP contribution in [0.5, 0.6) is 0 Å². The summed E-state index contributed by atoms with van der Waals surface area (Å²) in [7, 11) is 0. The molecule has 0 bridgehead atoms. The molecular weight excluding hydrogens is 272 g/mol. The predicted octanol–water partition coefficient (Wildman–Crippen LogP) is 2.87. The van der Waals surface area contributed by atoms with Gasteiger partial charge in [-0.2, -0.15) is 11.3 Å². The number of benzene rings is 1. The van der Waals surface area contributed by atoms with Gasteiger partial charge in [0.2, 0.25) is 0 Å². The Bertz CT molecular complexity index is 598. The van der Waals surface area contributed by atoms with E-state index < -0.39 is 0 Å². The first-order valence-electron chi connectivity index (χ1n) is 6.58. The Morgan fingerprint density at radius 1 is 1.40 bits per heavy atom. The summed E-state index contributed by atoms with van der Waals surface area (Å²) < 4.78 is 0. The van der Waals surface area contributed by atoms with Gasteiger partial charge in [0.15, 0.2) is 0 Å². The van der Waals surface area contributed by atoms with Crippen LogP contribution in [-0.2, 0) is 6.42 Å². The molecule has 0 fully saturated rings. The number of carbonyl (C=O) groups is 1. The Balaban J connectivity index is 1.82. The maximum Gasteiger partial charge on any atom is 0.322 e. The highest BCUT2D eigenvalue weighted by molar-refractivity contribution is 7.08. The van der Waals surface area contributed by atoms with Crippen LogP contribution in [0, 0.1) is 0 Å². The lowest BCUT2D eigenvalue weighted by Crippen LogP contribution is -2.43. The minimum atomic E-state index is -0.265. The molecule has 3 rings (SSSR count). The smallest absolute Gasteiger partial charge is 0.322 e. The van der Waals surface area contributed by atoms with E-state index in [0.717, 1.165) is 17.7 Å². The van der Waals surface area contributed by atoms with E-state index in [9.17, 15) is 9.90 Å². The van der Waals surface area contributed by atoms with Crippen LogP contribution in [-0.4, -0.2) is 29.2 Å². The molecule has 2 aromatic rings. The van der Waals surface area contributed by atoms with Crippen molar-refractivity contribution < 1.29 is 9.90 Å². The van der Waals surface area contributed by atoms with Gasteiger partial charge < -0.3 is 15.3 Å². The average molecular weight is 288 g/mol. The fraction of sp³-hybridized carbons (Fsp3) is 0.267. The zero-order valence-electron chi connectivity index (χ0n) is 11.0. The fourth-order valence-corrected chi connectivity index (χ4v) is 3.21. The zero-order chi connectivity index (χ0) is 13.9. The van der Waals surface area contributed by atoms with Gasteiger partial charge in [-0.15, -0.1) is 0 Å². The Labute approximate surface area is 121 Å². The maximum absolute atomic E-state index is 12.4. The molecular formula is C15H16N2O2S. The van der Waals surface area contributed by atoms with Gasteiger partial charge in [-0.3, -0.25) is 0 Å². The summed E-state index contributed by atoms with van der Waals surface area (Å²) in [5.74, 6) is 0. The third kappa shape index (κ3) is 2.42. The molecule has 1 atom stereocenters. The maximum atomic E-state index is 12.4. The molecule has 0 aliphatic carbocycles. The highest BCUT2D eigenvalue weighted by Crippen LogP contribution is 2.29. The van der Waals surface area contributed by atoms with Crippen LogP contribution >= 0.6 is 11.3 Å². The van der Waals surface area contributed by atoms with Gasteiger partial charge in [0.05, 0.1) is 18.3 Å². The quantitative estimate of drug-likeness (QED) is 0.893. The molecule has 20 heavy (non-hydrogen) atoms. The third-order valence-corrected chi connectivity index (χ3v) is 4.30. The molecule has 0 saturated carbocycles. The van der Waals surface area contributed by atoms with Crippen LogP contribution in [0.3, 0.4) is 0 Å². The number of aliphatic hydroxyl groups is 1. The van der Waals surface area contributed by atoms with Crippen molar-refractivity contribution in [2.45, 2.75) is 12.5 Å². The number of carbonyl (C=O) groups excluding carboxylic acids is 1. The molecule has 1 aromatic carbocycles. The molecule has 0 saturated heterocycles. The number of urea groups is 1.